The minimum absolute atomic E-state index is 0.0582. The van der Waals surface area contributed by atoms with E-state index in [0.29, 0.717) is 0 Å². The molecular weight excluding hydrogens is 372 g/mol. The summed E-state index contributed by atoms with van der Waals surface area (Å²) >= 11 is 1.08. The van der Waals surface area contributed by atoms with Gasteiger partial charge in [0.05, 0.1) is 16.9 Å². The van der Waals surface area contributed by atoms with E-state index in [1.54, 1.807) is 31.2 Å². The SMILES string of the molecule is C[C@@H](Sc1nnc(-c2ccccc2F)o1)C(=O)N[C@H](C)c1ccc(F)cc1. The minimum Gasteiger partial charge on any atom is -0.411 e. The summed E-state index contributed by atoms with van der Waals surface area (Å²) in [5, 5.41) is 10.2. The van der Waals surface area contributed by atoms with Crippen LogP contribution >= 0.6 is 11.8 Å². The molecule has 5 nitrogen and oxygen atoms in total. The zero-order valence-corrected chi connectivity index (χ0v) is 15.5. The summed E-state index contributed by atoms with van der Waals surface area (Å²) < 4.78 is 32.2. The highest BCUT2D eigenvalue weighted by Crippen LogP contribution is 2.27. The van der Waals surface area contributed by atoms with Crippen LogP contribution in [-0.4, -0.2) is 21.4 Å². The minimum atomic E-state index is -0.512. The first-order valence-electron chi connectivity index (χ1n) is 8.25. The maximum Gasteiger partial charge on any atom is 0.277 e. The maximum absolute atomic E-state index is 13.8. The van der Waals surface area contributed by atoms with E-state index in [0.717, 1.165) is 17.3 Å². The van der Waals surface area contributed by atoms with E-state index in [9.17, 15) is 13.6 Å². The number of halogens is 2. The number of thioether (sulfide) groups is 1. The Balaban J connectivity index is 1.61. The summed E-state index contributed by atoms with van der Waals surface area (Å²) in [6.45, 7) is 3.51. The van der Waals surface area contributed by atoms with E-state index in [1.165, 1.54) is 24.3 Å². The molecule has 0 saturated carbocycles. The molecule has 8 heteroatoms. The number of nitrogens with one attached hydrogen (secondary N) is 1. The lowest BCUT2D eigenvalue weighted by Gasteiger charge is -2.16. The van der Waals surface area contributed by atoms with E-state index < -0.39 is 11.1 Å². The van der Waals surface area contributed by atoms with E-state index in [-0.39, 0.29) is 34.4 Å². The predicted molar refractivity (Wildman–Crippen MR) is 98.0 cm³/mol. The van der Waals surface area contributed by atoms with Crippen molar-refractivity contribution >= 4 is 17.7 Å². The molecular formula is C19H17F2N3O2S. The summed E-state index contributed by atoms with van der Waals surface area (Å²) in [7, 11) is 0. The topological polar surface area (TPSA) is 68.0 Å². The molecule has 1 amide bonds. The van der Waals surface area contributed by atoms with Crippen molar-refractivity contribution in [2.75, 3.05) is 0 Å². The van der Waals surface area contributed by atoms with E-state index in [1.807, 2.05) is 6.92 Å². The van der Waals surface area contributed by atoms with Crippen molar-refractivity contribution in [2.45, 2.75) is 30.4 Å². The molecule has 0 radical (unpaired) electrons. The fraction of sp³-hybridized carbons (Fsp3) is 0.211. The third kappa shape index (κ3) is 4.71. The van der Waals surface area contributed by atoms with Gasteiger partial charge in [-0.2, -0.15) is 0 Å². The van der Waals surface area contributed by atoms with Gasteiger partial charge < -0.3 is 9.73 Å². The molecule has 2 atom stereocenters. The lowest BCUT2D eigenvalue weighted by Crippen LogP contribution is -2.33. The smallest absolute Gasteiger partial charge is 0.277 e. The second kappa shape index (κ2) is 8.30. The fourth-order valence-electron chi connectivity index (χ4n) is 2.37. The predicted octanol–water partition coefficient (Wildman–Crippen LogP) is 4.37. The van der Waals surface area contributed by atoms with Crippen LogP contribution in [-0.2, 0) is 4.79 Å². The first-order chi connectivity index (χ1) is 12.9. The number of carbonyl (C=O) groups is 1. The van der Waals surface area contributed by atoms with Crippen molar-refractivity contribution in [3.63, 3.8) is 0 Å². The maximum atomic E-state index is 13.8. The number of rotatable bonds is 6. The largest absolute Gasteiger partial charge is 0.411 e. The lowest BCUT2D eigenvalue weighted by molar-refractivity contribution is -0.120. The van der Waals surface area contributed by atoms with Crippen molar-refractivity contribution in [1.29, 1.82) is 0 Å². The van der Waals surface area contributed by atoms with Crippen LogP contribution in [0, 0.1) is 11.6 Å². The van der Waals surface area contributed by atoms with Crippen LogP contribution in [0.3, 0.4) is 0 Å². The van der Waals surface area contributed by atoms with Crippen LogP contribution in [0.25, 0.3) is 11.5 Å². The van der Waals surface area contributed by atoms with Crippen LogP contribution in [0.1, 0.15) is 25.5 Å². The number of benzene rings is 2. The van der Waals surface area contributed by atoms with Crippen LogP contribution in [0.5, 0.6) is 0 Å². The van der Waals surface area contributed by atoms with Crippen LogP contribution in [0.15, 0.2) is 58.2 Å². The number of aromatic nitrogens is 2. The fourth-order valence-corrected chi connectivity index (χ4v) is 3.06. The molecule has 3 aromatic rings. The second-order valence-electron chi connectivity index (χ2n) is 5.89. The first-order valence-corrected chi connectivity index (χ1v) is 9.13. The molecule has 0 bridgehead atoms. The molecule has 0 aliphatic heterocycles. The van der Waals surface area contributed by atoms with Gasteiger partial charge in [0.2, 0.25) is 5.91 Å². The highest BCUT2D eigenvalue weighted by atomic mass is 32.2. The van der Waals surface area contributed by atoms with Gasteiger partial charge in [-0.25, -0.2) is 8.78 Å². The molecule has 0 unspecified atom stereocenters. The third-order valence-electron chi connectivity index (χ3n) is 3.89. The molecule has 0 spiro atoms. The molecule has 3 rings (SSSR count). The Morgan fingerprint density at radius 1 is 1.07 bits per heavy atom. The first kappa shape index (κ1) is 19.0. The van der Waals surface area contributed by atoms with Crippen molar-refractivity contribution in [3.05, 3.63) is 65.7 Å². The summed E-state index contributed by atoms with van der Waals surface area (Å²) in [4.78, 5) is 12.4. The molecule has 0 aliphatic rings. The van der Waals surface area contributed by atoms with Gasteiger partial charge in [0.1, 0.15) is 11.6 Å². The Hall–Kier alpha value is -2.74. The number of amides is 1. The average molecular weight is 389 g/mol. The molecule has 1 aromatic heterocycles. The van der Waals surface area contributed by atoms with Gasteiger partial charge in [-0.3, -0.25) is 4.79 Å². The van der Waals surface area contributed by atoms with E-state index in [2.05, 4.69) is 15.5 Å². The van der Waals surface area contributed by atoms with Gasteiger partial charge in [0, 0.05) is 0 Å². The highest BCUT2D eigenvalue weighted by Gasteiger charge is 2.21. The molecule has 0 aliphatic carbocycles. The van der Waals surface area contributed by atoms with Crippen molar-refractivity contribution < 1.29 is 18.0 Å². The molecule has 1 heterocycles. The second-order valence-corrected chi connectivity index (χ2v) is 7.19. The Kier molecular flexibility index (Phi) is 5.85. The summed E-state index contributed by atoms with van der Waals surface area (Å²) in [5.41, 5.74) is 1.00. The van der Waals surface area contributed by atoms with E-state index >= 15 is 0 Å². The summed E-state index contributed by atoms with van der Waals surface area (Å²) in [6, 6.07) is 11.7. The van der Waals surface area contributed by atoms with Crippen molar-refractivity contribution in [2.24, 2.45) is 0 Å². The zero-order chi connectivity index (χ0) is 19.4. The summed E-state index contributed by atoms with van der Waals surface area (Å²) in [6.07, 6.45) is 0. The van der Waals surface area contributed by atoms with Crippen LogP contribution < -0.4 is 5.32 Å². The molecule has 2 aromatic carbocycles. The van der Waals surface area contributed by atoms with Gasteiger partial charge in [-0.1, -0.05) is 36.0 Å². The molecule has 27 heavy (non-hydrogen) atoms. The lowest BCUT2D eigenvalue weighted by atomic mass is 10.1. The Morgan fingerprint density at radius 2 is 1.78 bits per heavy atom. The van der Waals surface area contributed by atoms with Crippen molar-refractivity contribution in [1.82, 2.24) is 15.5 Å². The van der Waals surface area contributed by atoms with Crippen LogP contribution in [0.2, 0.25) is 0 Å². The monoisotopic (exact) mass is 389 g/mol. The Morgan fingerprint density at radius 3 is 2.48 bits per heavy atom. The van der Waals surface area contributed by atoms with Gasteiger partial charge >= 0.3 is 0 Å². The normalized spacial score (nSPS) is 13.2. The number of hydrogen-bond donors (Lipinski definition) is 1. The standard InChI is InChI=1S/C19H17F2N3O2S/c1-11(13-7-9-14(20)10-8-13)22-17(25)12(2)27-19-24-23-18(26-19)15-5-3-4-6-16(15)21/h3-12H,1-2H3,(H,22,25)/t11-,12-/m1/s1. The Bertz CT molecular complexity index is 931. The quantitative estimate of drug-likeness (QED) is 0.634. The van der Waals surface area contributed by atoms with Gasteiger partial charge in [0.25, 0.3) is 11.1 Å². The molecule has 0 saturated heterocycles. The number of nitrogens with zero attached hydrogens (tertiary/aromatic N) is 2. The van der Waals surface area contributed by atoms with Gasteiger partial charge in [-0.15, -0.1) is 10.2 Å². The highest BCUT2D eigenvalue weighted by molar-refractivity contribution is 8.00. The zero-order valence-electron chi connectivity index (χ0n) is 14.6. The third-order valence-corrected chi connectivity index (χ3v) is 4.82. The van der Waals surface area contributed by atoms with Gasteiger partial charge in [-0.05, 0) is 43.7 Å². The summed E-state index contributed by atoms with van der Waals surface area (Å²) in [5.74, 6) is -0.967. The average Bonchev–Trinajstić information content (AvgIpc) is 3.10. The molecule has 140 valence electrons. The number of carbonyl (C=O) groups excluding carboxylic acids is 1. The van der Waals surface area contributed by atoms with E-state index in [4.69, 9.17) is 4.42 Å². The number of hydrogen-bond acceptors (Lipinski definition) is 5. The Labute approximate surface area is 159 Å². The molecule has 0 fully saturated rings. The van der Waals surface area contributed by atoms with Crippen molar-refractivity contribution in [3.8, 4) is 11.5 Å². The van der Waals surface area contributed by atoms with Crippen LogP contribution in [0.4, 0.5) is 8.78 Å². The molecule has 1 N–H and O–H groups in total. The van der Waals surface area contributed by atoms with Gasteiger partial charge in [0.15, 0.2) is 0 Å².